The fourth-order valence-electron chi connectivity index (χ4n) is 4.42. The summed E-state index contributed by atoms with van der Waals surface area (Å²) in [7, 11) is 0. The molecule has 0 spiro atoms. The van der Waals surface area contributed by atoms with Crippen molar-refractivity contribution >= 4 is 17.7 Å². The van der Waals surface area contributed by atoms with Crippen molar-refractivity contribution in [3.63, 3.8) is 0 Å². The van der Waals surface area contributed by atoms with Crippen LogP contribution in [0.4, 0.5) is 0 Å². The number of benzene rings is 1. The Hall–Kier alpha value is -1.24. The van der Waals surface area contributed by atoms with Crippen molar-refractivity contribution in [1.82, 2.24) is 16.0 Å². The predicted molar refractivity (Wildman–Crippen MR) is 125 cm³/mol. The highest BCUT2D eigenvalue weighted by atomic mass is 32.2. The summed E-state index contributed by atoms with van der Waals surface area (Å²) in [5.41, 5.74) is 1.30. The Kier molecular flexibility index (Phi) is 8.69. The van der Waals surface area contributed by atoms with Crippen LogP contribution in [0.5, 0.6) is 0 Å². The van der Waals surface area contributed by atoms with Gasteiger partial charge in [-0.2, -0.15) is 11.8 Å². The van der Waals surface area contributed by atoms with Crippen molar-refractivity contribution in [3.05, 3.63) is 35.9 Å². The van der Waals surface area contributed by atoms with Gasteiger partial charge in [-0.05, 0) is 57.8 Å². The summed E-state index contributed by atoms with van der Waals surface area (Å²) < 4.78 is 5.68. The fraction of sp³-hybridized carbons (Fsp3) is 0.696. The molecule has 1 aliphatic heterocycles. The molecule has 0 bridgehead atoms. The van der Waals surface area contributed by atoms with E-state index in [0.717, 1.165) is 50.4 Å². The second-order valence-corrected chi connectivity index (χ2v) is 9.51. The minimum absolute atomic E-state index is 0.0205. The van der Waals surface area contributed by atoms with Gasteiger partial charge < -0.3 is 20.7 Å². The van der Waals surface area contributed by atoms with Crippen molar-refractivity contribution in [3.8, 4) is 0 Å². The Morgan fingerprint density at radius 3 is 2.66 bits per heavy atom. The summed E-state index contributed by atoms with van der Waals surface area (Å²) >= 11 is 1.99. The number of hydrogen-bond donors (Lipinski definition) is 3. The monoisotopic (exact) mass is 418 g/mol. The molecule has 0 amide bonds. The van der Waals surface area contributed by atoms with Crippen LogP contribution >= 0.6 is 11.8 Å². The van der Waals surface area contributed by atoms with Gasteiger partial charge in [0, 0.05) is 42.6 Å². The first-order valence-corrected chi connectivity index (χ1v) is 12.4. The summed E-state index contributed by atoms with van der Waals surface area (Å²) in [4.78, 5) is 5.04. The van der Waals surface area contributed by atoms with E-state index in [0.29, 0.717) is 6.04 Å². The quantitative estimate of drug-likeness (QED) is 0.444. The molecule has 1 aliphatic carbocycles. The molecule has 162 valence electrons. The summed E-state index contributed by atoms with van der Waals surface area (Å²) in [6.45, 7) is 7.63. The zero-order valence-corrected chi connectivity index (χ0v) is 19.1. The molecule has 5 nitrogen and oxygen atoms in total. The molecule has 2 aliphatic rings. The summed E-state index contributed by atoms with van der Waals surface area (Å²) in [6, 6.07) is 11.5. The molecule has 1 aromatic rings. The van der Waals surface area contributed by atoms with Crippen molar-refractivity contribution < 1.29 is 4.74 Å². The van der Waals surface area contributed by atoms with Gasteiger partial charge in [-0.25, -0.2) is 0 Å². The van der Waals surface area contributed by atoms with Crippen LogP contribution in [0.3, 0.4) is 0 Å². The lowest BCUT2D eigenvalue weighted by atomic mass is 9.88. The van der Waals surface area contributed by atoms with E-state index in [9.17, 15) is 0 Å². The predicted octanol–water partition coefficient (Wildman–Crippen LogP) is 3.73. The molecule has 1 saturated carbocycles. The van der Waals surface area contributed by atoms with Gasteiger partial charge in [-0.3, -0.25) is 4.99 Å². The fourth-order valence-corrected chi connectivity index (χ4v) is 5.22. The summed E-state index contributed by atoms with van der Waals surface area (Å²) in [5.74, 6) is 0.958. The highest BCUT2D eigenvalue weighted by molar-refractivity contribution is 7.99. The third-order valence-electron chi connectivity index (χ3n) is 6.21. The van der Waals surface area contributed by atoms with Crippen LogP contribution in [0.25, 0.3) is 0 Å². The van der Waals surface area contributed by atoms with Crippen LogP contribution in [0, 0.1) is 0 Å². The van der Waals surface area contributed by atoms with Gasteiger partial charge in [0.05, 0.1) is 6.54 Å². The van der Waals surface area contributed by atoms with Crippen LogP contribution < -0.4 is 16.0 Å². The standard InChI is InChI=1S/C23H38N4OS/c1-4-24-22(26-20-10-11-21(16-20)29-3)25-17-23(12-14-28-15-13-23)27-18(2)19-8-6-5-7-9-19/h5-9,18,20-21,27H,4,10-17H2,1-3H3,(H2,24,25,26). The molecule has 1 saturated heterocycles. The first-order valence-electron chi connectivity index (χ1n) is 11.1. The maximum absolute atomic E-state index is 5.68. The van der Waals surface area contributed by atoms with Gasteiger partial charge in [-0.15, -0.1) is 0 Å². The largest absolute Gasteiger partial charge is 0.381 e. The number of hydrogen-bond acceptors (Lipinski definition) is 4. The minimum Gasteiger partial charge on any atom is -0.381 e. The van der Waals surface area contributed by atoms with Crippen LogP contribution in [-0.4, -0.2) is 55.3 Å². The Bertz CT molecular complexity index is 633. The molecule has 3 rings (SSSR count). The second kappa shape index (κ2) is 11.2. The van der Waals surface area contributed by atoms with E-state index in [1.54, 1.807) is 0 Å². The Balaban J connectivity index is 1.67. The number of rotatable bonds is 8. The molecule has 1 aromatic carbocycles. The van der Waals surface area contributed by atoms with E-state index in [-0.39, 0.29) is 11.6 Å². The molecule has 1 heterocycles. The Morgan fingerprint density at radius 2 is 2.00 bits per heavy atom. The molecule has 3 atom stereocenters. The first kappa shape index (κ1) is 22.4. The minimum atomic E-state index is -0.0205. The van der Waals surface area contributed by atoms with Crippen molar-refractivity contribution in [2.45, 2.75) is 68.8 Å². The zero-order chi connectivity index (χ0) is 20.5. The van der Waals surface area contributed by atoms with Gasteiger partial charge in [0.1, 0.15) is 0 Å². The van der Waals surface area contributed by atoms with E-state index in [1.807, 2.05) is 11.8 Å². The first-order chi connectivity index (χ1) is 14.1. The van der Waals surface area contributed by atoms with Crippen LogP contribution in [0.1, 0.15) is 57.6 Å². The smallest absolute Gasteiger partial charge is 0.191 e. The van der Waals surface area contributed by atoms with E-state index in [4.69, 9.17) is 9.73 Å². The average Bonchev–Trinajstić information content (AvgIpc) is 3.21. The third kappa shape index (κ3) is 6.63. The maximum atomic E-state index is 5.68. The van der Waals surface area contributed by atoms with Crippen molar-refractivity contribution in [1.29, 1.82) is 0 Å². The van der Waals surface area contributed by atoms with Gasteiger partial charge in [0.15, 0.2) is 5.96 Å². The lowest BCUT2D eigenvalue weighted by Crippen LogP contribution is -2.53. The molecule has 3 N–H and O–H groups in total. The van der Waals surface area contributed by atoms with E-state index < -0.39 is 0 Å². The van der Waals surface area contributed by atoms with E-state index in [1.165, 1.54) is 24.8 Å². The normalized spacial score (nSPS) is 25.6. The number of nitrogens with one attached hydrogen (secondary N) is 3. The Morgan fingerprint density at radius 1 is 1.24 bits per heavy atom. The molecule has 6 heteroatoms. The Labute approximate surface area is 180 Å². The molecule has 29 heavy (non-hydrogen) atoms. The zero-order valence-electron chi connectivity index (χ0n) is 18.2. The molecule has 0 aromatic heterocycles. The van der Waals surface area contributed by atoms with Gasteiger partial charge >= 0.3 is 0 Å². The average molecular weight is 419 g/mol. The number of guanidine groups is 1. The lowest BCUT2D eigenvalue weighted by molar-refractivity contribution is 0.0374. The summed E-state index contributed by atoms with van der Waals surface area (Å²) in [6.07, 6.45) is 7.97. The third-order valence-corrected chi connectivity index (χ3v) is 7.31. The van der Waals surface area contributed by atoms with E-state index in [2.05, 4.69) is 66.4 Å². The van der Waals surface area contributed by atoms with Gasteiger partial charge in [0.2, 0.25) is 0 Å². The van der Waals surface area contributed by atoms with Crippen molar-refractivity contribution in [2.75, 3.05) is 32.6 Å². The van der Waals surface area contributed by atoms with E-state index >= 15 is 0 Å². The number of aliphatic imine (C=N–C) groups is 1. The van der Waals surface area contributed by atoms with Crippen LogP contribution in [0.15, 0.2) is 35.3 Å². The molecule has 3 unspecified atom stereocenters. The van der Waals surface area contributed by atoms with Crippen LogP contribution in [0.2, 0.25) is 0 Å². The number of thioether (sulfide) groups is 1. The van der Waals surface area contributed by atoms with Gasteiger partial charge in [-0.1, -0.05) is 30.3 Å². The highest BCUT2D eigenvalue weighted by Crippen LogP contribution is 2.28. The van der Waals surface area contributed by atoms with Crippen molar-refractivity contribution in [2.24, 2.45) is 4.99 Å². The topological polar surface area (TPSA) is 57.7 Å². The highest BCUT2D eigenvalue weighted by Gasteiger charge is 2.34. The number of nitrogens with zero attached hydrogens (tertiary/aromatic N) is 1. The second-order valence-electron chi connectivity index (χ2n) is 8.38. The maximum Gasteiger partial charge on any atom is 0.191 e. The SMILES string of the molecule is CCNC(=NCC1(NC(C)c2ccccc2)CCOCC1)NC1CCC(SC)C1. The molecular weight excluding hydrogens is 380 g/mol. The summed E-state index contributed by atoms with van der Waals surface area (Å²) in [5, 5.41) is 11.8. The molecular formula is C23H38N4OS. The molecule has 2 fully saturated rings. The molecule has 0 radical (unpaired) electrons. The van der Waals surface area contributed by atoms with Crippen LogP contribution in [-0.2, 0) is 4.74 Å². The van der Waals surface area contributed by atoms with Gasteiger partial charge in [0.25, 0.3) is 0 Å². The lowest BCUT2D eigenvalue weighted by Gasteiger charge is -2.39. The number of ether oxygens (including phenoxy) is 1.